The number of carbonyl (C=O) groups is 1. The molecule has 12 heavy (non-hydrogen) atoms. The molecule has 0 fully saturated rings. The van der Waals surface area contributed by atoms with E-state index in [2.05, 4.69) is 0 Å². The summed E-state index contributed by atoms with van der Waals surface area (Å²) in [5.74, 6) is 0.654. The van der Waals surface area contributed by atoms with Crippen LogP contribution in [0, 0.1) is 0 Å². The van der Waals surface area contributed by atoms with E-state index in [1.165, 1.54) is 0 Å². The third-order valence-corrected chi connectivity index (χ3v) is 1.20. The number of hydrogen-bond donors (Lipinski definition) is 0. The van der Waals surface area contributed by atoms with Gasteiger partial charge in [-0.05, 0) is 23.7 Å². The molecule has 0 radical (unpaired) electrons. The average Bonchev–Trinajstić information content (AvgIpc) is 2.03. The van der Waals surface area contributed by atoms with Gasteiger partial charge in [-0.25, -0.2) is 0 Å². The molecule has 66 valence electrons. The van der Waals surface area contributed by atoms with E-state index in [0.717, 1.165) is 0 Å². The van der Waals surface area contributed by atoms with E-state index in [0.29, 0.717) is 5.75 Å². The molecule has 0 atom stereocenters. The van der Waals surface area contributed by atoms with Crippen LogP contribution in [0.5, 0.6) is 5.75 Å². The molecule has 0 aliphatic rings. The van der Waals surface area contributed by atoms with Crippen molar-refractivity contribution in [2.24, 2.45) is 0 Å². The summed E-state index contributed by atoms with van der Waals surface area (Å²) in [6.45, 7) is -0.0778. The summed E-state index contributed by atoms with van der Waals surface area (Å²) in [4.78, 5) is 10.3. The Hall–Kier alpha value is -1.09. The third-order valence-electron chi connectivity index (χ3n) is 1.10. The minimum absolute atomic E-state index is 0. The maximum atomic E-state index is 10.3. The molecule has 0 N–H and O–H groups in total. The van der Waals surface area contributed by atoms with Crippen molar-refractivity contribution >= 4 is 16.8 Å². The maximum Gasteiger partial charge on any atom is 0.259 e. The van der Waals surface area contributed by atoms with Gasteiger partial charge in [-0.3, -0.25) is 9.50 Å². The van der Waals surface area contributed by atoms with Crippen LogP contribution in [0.3, 0.4) is 0 Å². The lowest BCUT2D eigenvalue weighted by atomic mass is 10.3. The lowest BCUT2D eigenvalue weighted by Crippen LogP contribution is -2.03. The maximum absolute atomic E-state index is 10.3. The molecule has 0 saturated carbocycles. The second-order valence-electron chi connectivity index (χ2n) is 1.96. The van der Waals surface area contributed by atoms with E-state index in [1.807, 2.05) is 18.2 Å². The Morgan fingerprint density at radius 2 is 1.92 bits per heavy atom. The van der Waals surface area contributed by atoms with Crippen LogP contribution in [0.4, 0.5) is 4.70 Å². The monoisotopic (exact) mass is 190 g/mol. The predicted octanol–water partition coefficient (Wildman–Crippen LogP) is 1.98. The van der Waals surface area contributed by atoms with Gasteiger partial charge in [0.05, 0.1) is 0 Å². The SMILES string of the molecule is F.O=C(Cl)COc1ccccc1. The second-order valence-corrected chi connectivity index (χ2v) is 2.38. The molecule has 0 aliphatic heterocycles. The van der Waals surface area contributed by atoms with Crippen molar-refractivity contribution in [3.63, 3.8) is 0 Å². The summed E-state index contributed by atoms with van der Waals surface area (Å²) >= 11 is 5.06. The number of rotatable bonds is 3. The lowest BCUT2D eigenvalue weighted by molar-refractivity contribution is -0.113. The van der Waals surface area contributed by atoms with Gasteiger partial charge in [-0.15, -0.1) is 0 Å². The first kappa shape index (κ1) is 10.9. The third kappa shape index (κ3) is 3.93. The molecule has 0 bridgehead atoms. The number of halogens is 2. The van der Waals surface area contributed by atoms with E-state index in [-0.39, 0.29) is 11.3 Å². The summed E-state index contributed by atoms with van der Waals surface area (Å²) in [5, 5.41) is -0.492. The molecule has 0 aromatic heterocycles. The molecule has 0 saturated heterocycles. The quantitative estimate of drug-likeness (QED) is 0.682. The number of hydrogen-bond acceptors (Lipinski definition) is 2. The Kier molecular flexibility index (Phi) is 5.04. The zero-order chi connectivity index (χ0) is 8.10. The van der Waals surface area contributed by atoms with Gasteiger partial charge in [-0.2, -0.15) is 0 Å². The van der Waals surface area contributed by atoms with Crippen molar-refractivity contribution in [1.82, 2.24) is 0 Å². The Bertz CT molecular complexity index is 238. The lowest BCUT2D eigenvalue weighted by Gasteiger charge is -2.00. The minimum Gasteiger partial charge on any atom is -0.484 e. The second kappa shape index (κ2) is 5.55. The number of benzene rings is 1. The van der Waals surface area contributed by atoms with Crippen molar-refractivity contribution < 1.29 is 14.2 Å². The normalized spacial score (nSPS) is 8.42. The van der Waals surface area contributed by atoms with Crippen LogP contribution >= 0.6 is 11.6 Å². The van der Waals surface area contributed by atoms with Crippen LogP contribution in [0.1, 0.15) is 0 Å². The molecule has 0 unspecified atom stereocenters. The molecule has 1 rings (SSSR count). The molecule has 0 aliphatic carbocycles. The summed E-state index contributed by atoms with van der Waals surface area (Å²) in [7, 11) is 0. The van der Waals surface area contributed by atoms with Crippen molar-refractivity contribution in [2.75, 3.05) is 6.61 Å². The fourth-order valence-electron chi connectivity index (χ4n) is 0.657. The topological polar surface area (TPSA) is 26.3 Å². The average molecular weight is 191 g/mol. The highest BCUT2D eigenvalue weighted by Gasteiger charge is 1.95. The zero-order valence-electron chi connectivity index (χ0n) is 6.20. The Morgan fingerprint density at radius 1 is 1.33 bits per heavy atom. The summed E-state index contributed by atoms with van der Waals surface area (Å²) in [6.07, 6.45) is 0. The highest BCUT2D eigenvalue weighted by molar-refractivity contribution is 6.63. The minimum atomic E-state index is -0.492. The zero-order valence-corrected chi connectivity index (χ0v) is 6.95. The van der Waals surface area contributed by atoms with Crippen molar-refractivity contribution in [3.8, 4) is 5.75 Å². The van der Waals surface area contributed by atoms with Gasteiger partial charge in [-0.1, -0.05) is 18.2 Å². The molecule has 0 spiro atoms. The molecule has 0 amide bonds. The first-order valence-electron chi connectivity index (χ1n) is 3.15. The first-order chi connectivity index (χ1) is 5.29. The van der Waals surface area contributed by atoms with E-state index in [1.54, 1.807) is 12.1 Å². The number of para-hydroxylation sites is 1. The summed E-state index contributed by atoms with van der Waals surface area (Å²) < 4.78 is 4.99. The fraction of sp³-hybridized carbons (Fsp3) is 0.125. The molecule has 1 aromatic rings. The van der Waals surface area contributed by atoms with Crippen molar-refractivity contribution in [3.05, 3.63) is 30.3 Å². The van der Waals surface area contributed by atoms with Crippen LogP contribution in [-0.4, -0.2) is 11.8 Å². The van der Waals surface area contributed by atoms with Crippen molar-refractivity contribution in [1.29, 1.82) is 0 Å². The van der Waals surface area contributed by atoms with Crippen LogP contribution in [-0.2, 0) is 4.79 Å². The van der Waals surface area contributed by atoms with Crippen LogP contribution in [0.15, 0.2) is 30.3 Å². The number of ether oxygens (including phenoxy) is 1. The standard InChI is InChI=1S/C8H7ClO2.FH/c9-8(10)6-11-7-4-2-1-3-5-7;/h1-5H,6H2;1H. The Balaban J connectivity index is 0.00000121. The Morgan fingerprint density at radius 3 is 2.42 bits per heavy atom. The van der Waals surface area contributed by atoms with Crippen LogP contribution in [0.2, 0.25) is 0 Å². The van der Waals surface area contributed by atoms with E-state index >= 15 is 0 Å². The molecular weight excluding hydrogens is 183 g/mol. The molecule has 0 heterocycles. The van der Waals surface area contributed by atoms with Gasteiger partial charge in [0.15, 0.2) is 6.61 Å². The van der Waals surface area contributed by atoms with E-state index in [4.69, 9.17) is 16.3 Å². The first-order valence-corrected chi connectivity index (χ1v) is 3.53. The highest BCUT2D eigenvalue weighted by atomic mass is 35.5. The van der Waals surface area contributed by atoms with Gasteiger partial charge >= 0.3 is 0 Å². The number of carbonyl (C=O) groups excluding carboxylic acids is 1. The summed E-state index contributed by atoms with van der Waals surface area (Å²) in [5.41, 5.74) is 0. The van der Waals surface area contributed by atoms with Crippen molar-refractivity contribution in [2.45, 2.75) is 0 Å². The van der Waals surface area contributed by atoms with Gasteiger partial charge < -0.3 is 4.74 Å². The smallest absolute Gasteiger partial charge is 0.259 e. The molecular formula is C8H8ClFO2. The molecule has 4 heteroatoms. The largest absolute Gasteiger partial charge is 0.484 e. The van der Waals surface area contributed by atoms with Crippen LogP contribution in [0.25, 0.3) is 0 Å². The van der Waals surface area contributed by atoms with Gasteiger partial charge in [0.25, 0.3) is 5.24 Å². The Labute approximate surface area is 74.5 Å². The predicted molar refractivity (Wildman–Crippen MR) is 45.3 cm³/mol. The summed E-state index contributed by atoms with van der Waals surface area (Å²) in [6, 6.07) is 9.05. The van der Waals surface area contributed by atoms with E-state index < -0.39 is 5.24 Å². The molecule has 1 aromatic carbocycles. The molecule has 2 nitrogen and oxygen atoms in total. The van der Waals surface area contributed by atoms with Gasteiger partial charge in [0.2, 0.25) is 0 Å². The van der Waals surface area contributed by atoms with E-state index in [9.17, 15) is 4.79 Å². The van der Waals surface area contributed by atoms with Gasteiger partial charge in [0, 0.05) is 0 Å². The fourth-order valence-corrected chi connectivity index (χ4v) is 0.711. The van der Waals surface area contributed by atoms with Gasteiger partial charge in [0.1, 0.15) is 5.75 Å². The highest BCUT2D eigenvalue weighted by Crippen LogP contribution is 2.07. The van der Waals surface area contributed by atoms with Crippen LogP contribution < -0.4 is 4.74 Å².